The lowest BCUT2D eigenvalue weighted by atomic mass is 10.1. The number of hydrogen-bond donors (Lipinski definition) is 1. The van der Waals surface area contributed by atoms with E-state index in [9.17, 15) is 0 Å². The first-order chi connectivity index (χ1) is 7.65. The molecule has 1 saturated heterocycles. The molecule has 0 radical (unpaired) electrons. The van der Waals surface area contributed by atoms with E-state index in [1.54, 1.807) is 0 Å². The lowest BCUT2D eigenvalue weighted by Crippen LogP contribution is -2.31. The van der Waals surface area contributed by atoms with E-state index in [4.69, 9.17) is 11.6 Å². The molecule has 2 rings (SSSR count). The third-order valence-electron chi connectivity index (χ3n) is 3.05. The maximum atomic E-state index is 5.88. The second-order valence-corrected chi connectivity index (χ2v) is 6.42. The number of thioether (sulfide) groups is 1. The molecule has 1 aromatic carbocycles. The predicted molar refractivity (Wildman–Crippen MR) is 73.3 cm³/mol. The van der Waals surface area contributed by atoms with Crippen LogP contribution >= 0.6 is 23.4 Å². The van der Waals surface area contributed by atoms with Crippen LogP contribution < -0.4 is 5.32 Å². The fraction of sp³-hybridized carbons (Fsp3) is 0.538. The van der Waals surface area contributed by atoms with Crippen molar-refractivity contribution in [3.8, 4) is 0 Å². The molecule has 1 nitrogen and oxygen atoms in total. The number of rotatable bonds is 3. The summed E-state index contributed by atoms with van der Waals surface area (Å²) in [6, 6.07) is 9.19. The second kappa shape index (κ2) is 5.44. The van der Waals surface area contributed by atoms with Crippen molar-refractivity contribution in [3.05, 3.63) is 34.9 Å². The van der Waals surface area contributed by atoms with E-state index < -0.39 is 0 Å². The van der Waals surface area contributed by atoms with Crippen molar-refractivity contribution in [1.82, 2.24) is 5.32 Å². The zero-order chi connectivity index (χ0) is 11.5. The number of halogens is 1. The van der Waals surface area contributed by atoms with Crippen LogP contribution in [0.5, 0.6) is 0 Å². The minimum Gasteiger partial charge on any atom is -0.307 e. The minimum atomic E-state index is 0.410. The van der Waals surface area contributed by atoms with Gasteiger partial charge in [0.15, 0.2) is 0 Å². The standard InChI is InChI=1S/C13H18ClNS/c1-9-7-13(8-16-9)15-10(2)11-3-5-12(14)6-4-11/h3-6,9-10,13,15H,7-8H2,1-2H3/t9?,10-,13?/m1/s1. The Morgan fingerprint density at radius 3 is 2.62 bits per heavy atom. The normalized spacial score (nSPS) is 26.9. The van der Waals surface area contributed by atoms with Gasteiger partial charge in [-0.25, -0.2) is 0 Å². The number of benzene rings is 1. The van der Waals surface area contributed by atoms with Crippen LogP contribution in [0.15, 0.2) is 24.3 Å². The topological polar surface area (TPSA) is 12.0 Å². The zero-order valence-corrected chi connectivity index (χ0v) is 11.3. The van der Waals surface area contributed by atoms with Gasteiger partial charge in [0.1, 0.15) is 0 Å². The van der Waals surface area contributed by atoms with Crippen molar-refractivity contribution in [2.24, 2.45) is 0 Å². The van der Waals surface area contributed by atoms with Gasteiger partial charge in [0.25, 0.3) is 0 Å². The fourth-order valence-electron chi connectivity index (χ4n) is 2.13. The zero-order valence-electron chi connectivity index (χ0n) is 9.74. The van der Waals surface area contributed by atoms with Gasteiger partial charge in [-0.15, -0.1) is 0 Å². The summed E-state index contributed by atoms with van der Waals surface area (Å²) in [7, 11) is 0. The van der Waals surface area contributed by atoms with Crippen LogP contribution in [0, 0.1) is 0 Å². The predicted octanol–water partition coefficient (Wildman–Crippen LogP) is 3.88. The van der Waals surface area contributed by atoms with Crippen LogP contribution in [0.2, 0.25) is 5.02 Å². The third kappa shape index (κ3) is 3.16. The van der Waals surface area contributed by atoms with Crippen LogP contribution in [0.4, 0.5) is 0 Å². The third-order valence-corrected chi connectivity index (χ3v) is 4.66. The van der Waals surface area contributed by atoms with Crippen molar-refractivity contribution >= 4 is 23.4 Å². The Morgan fingerprint density at radius 2 is 2.06 bits per heavy atom. The lowest BCUT2D eigenvalue weighted by molar-refractivity contribution is 0.474. The number of nitrogens with one attached hydrogen (secondary N) is 1. The molecule has 1 aromatic rings. The van der Waals surface area contributed by atoms with Crippen LogP contribution in [0.3, 0.4) is 0 Å². The van der Waals surface area contributed by atoms with E-state index in [2.05, 4.69) is 43.1 Å². The summed E-state index contributed by atoms with van der Waals surface area (Å²) in [5.74, 6) is 1.24. The summed E-state index contributed by atoms with van der Waals surface area (Å²) in [4.78, 5) is 0. The first-order valence-electron chi connectivity index (χ1n) is 5.78. The van der Waals surface area contributed by atoms with Gasteiger partial charge in [-0.1, -0.05) is 30.7 Å². The quantitative estimate of drug-likeness (QED) is 0.880. The van der Waals surface area contributed by atoms with Gasteiger partial charge in [-0.05, 0) is 31.0 Å². The summed E-state index contributed by atoms with van der Waals surface area (Å²) in [6.45, 7) is 4.52. The molecule has 1 aliphatic heterocycles. The van der Waals surface area contributed by atoms with Gasteiger partial charge in [-0.3, -0.25) is 0 Å². The highest BCUT2D eigenvalue weighted by molar-refractivity contribution is 8.00. The van der Waals surface area contributed by atoms with Crippen molar-refractivity contribution in [3.63, 3.8) is 0 Å². The highest BCUT2D eigenvalue weighted by Gasteiger charge is 2.23. The van der Waals surface area contributed by atoms with E-state index in [1.807, 2.05) is 12.1 Å². The smallest absolute Gasteiger partial charge is 0.0406 e. The van der Waals surface area contributed by atoms with E-state index >= 15 is 0 Å². The van der Waals surface area contributed by atoms with Crippen LogP contribution in [0.1, 0.15) is 31.9 Å². The fourth-order valence-corrected chi connectivity index (χ4v) is 3.42. The summed E-state index contributed by atoms with van der Waals surface area (Å²) in [5, 5.41) is 5.29. The Labute approximate surface area is 107 Å². The highest BCUT2D eigenvalue weighted by Crippen LogP contribution is 2.27. The minimum absolute atomic E-state index is 0.410. The molecular weight excluding hydrogens is 238 g/mol. The molecule has 3 atom stereocenters. The van der Waals surface area contributed by atoms with Gasteiger partial charge >= 0.3 is 0 Å². The Balaban J connectivity index is 1.92. The maximum Gasteiger partial charge on any atom is 0.0406 e. The highest BCUT2D eigenvalue weighted by atomic mass is 35.5. The van der Waals surface area contributed by atoms with E-state index in [0.717, 1.165) is 10.3 Å². The molecule has 1 aliphatic rings. The van der Waals surface area contributed by atoms with Crippen molar-refractivity contribution in [2.75, 3.05) is 5.75 Å². The van der Waals surface area contributed by atoms with Gasteiger partial charge in [0.2, 0.25) is 0 Å². The Kier molecular flexibility index (Phi) is 4.17. The molecule has 0 aromatic heterocycles. The van der Waals surface area contributed by atoms with Gasteiger partial charge in [0, 0.05) is 28.1 Å². The molecule has 1 heterocycles. The molecule has 1 fully saturated rings. The molecule has 0 saturated carbocycles. The SMILES string of the molecule is CC1CC(N[C@H](C)c2ccc(Cl)cc2)CS1. The van der Waals surface area contributed by atoms with E-state index in [1.165, 1.54) is 17.7 Å². The number of hydrogen-bond acceptors (Lipinski definition) is 2. The molecule has 16 heavy (non-hydrogen) atoms. The van der Waals surface area contributed by atoms with E-state index in [0.29, 0.717) is 12.1 Å². The van der Waals surface area contributed by atoms with E-state index in [-0.39, 0.29) is 0 Å². The van der Waals surface area contributed by atoms with Crippen molar-refractivity contribution in [2.45, 2.75) is 37.6 Å². The largest absolute Gasteiger partial charge is 0.307 e. The monoisotopic (exact) mass is 255 g/mol. The maximum absolute atomic E-state index is 5.88. The van der Waals surface area contributed by atoms with Crippen molar-refractivity contribution in [1.29, 1.82) is 0 Å². The average Bonchev–Trinajstić information content (AvgIpc) is 2.65. The van der Waals surface area contributed by atoms with Gasteiger partial charge < -0.3 is 5.32 Å². The molecule has 0 amide bonds. The Bertz CT molecular complexity index is 338. The Hall–Kier alpha value is -0.180. The molecule has 2 unspecified atom stereocenters. The molecule has 0 aliphatic carbocycles. The van der Waals surface area contributed by atoms with Crippen LogP contribution in [0.25, 0.3) is 0 Å². The summed E-state index contributed by atoms with van der Waals surface area (Å²) < 4.78 is 0. The van der Waals surface area contributed by atoms with Gasteiger partial charge in [-0.2, -0.15) is 11.8 Å². The molecule has 0 bridgehead atoms. The molecule has 88 valence electrons. The van der Waals surface area contributed by atoms with Crippen molar-refractivity contribution < 1.29 is 0 Å². The molecule has 3 heteroatoms. The summed E-state index contributed by atoms with van der Waals surface area (Å²) in [5.41, 5.74) is 1.31. The van der Waals surface area contributed by atoms with Crippen LogP contribution in [-0.2, 0) is 0 Å². The first kappa shape index (κ1) is 12.3. The summed E-state index contributed by atoms with van der Waals surface area (Å²) in [6.07, 6.45) is 1.28. The molecular formula is C13H18ClNS. The van der Waals surface area contributed by atoms with Crippen LogP contribution in [-0.4, -0.2) is 17.0 Å². The lowest BCUT2D eigenvalue weighted by Gasteiger charge is -2.19. The molecule has 0 spiro atoms. The molecule has 1 N–H and O–H groups in total. The summed E-state index contributed by atoms with van der Waals surface area (Å²) >= 11 is 7.94. The van der Waals surface area contributed by atoms with Gasteiger partial charge in [0.05, 0.1) is 0 Å². The average molecular weight is 256 g/mol. The Morgan fingerprint density at radius 1 is 1.38 bits per heavy atom. The first-order valence-corrected chi connectivity index (χ1v) is 7.21. The second-order valence-electron chi connectivity index (χ2n) is 4.52.